The zero-order valence-corrected chi connectivity index (χ0v) is 9.58. The summed E-state index contributed by atoms with van der Waals surface area (Å²) in [6.45, 7) is 0.0683. The van der Waals surface area contributed by atoms with Crippen LogP contribution in [0.3, 0.4) is 0 Å². The van der Waals surface area contributed by atoms with E-state index in [9.17, 15) is 9.18 Å². The Labute approximate surface area is 99.7 Å². The smallest absolute Gasteiger partial charge is 0.223 e. The molecule has 0 unspecified atom stereocenters. The largest absolute Gasteiger partial charge is 0.392 e. The number of aliphatic hydroxyl groups is 1. The van der Waals surface area contributed by atoms with Gasteiger partial charge in [0.1, 0.15) is 5.82 Å². The Hall–Kier alpha value is -1.42. The Kier molecular flexibility index (Phi) is 3.74. The van der Waals surface area contributed by atoms with Gasteiger partial charge in [0, 0.05) is 18.0 Å². The van der Waals surface area contributed by atoms with Gasteiger partial charge in [-0.25, -0.2) is 4.39 Å². The van der Waals surface area contributed by atoms with E-state index in [2.05, 4.69) is 5.32 Å². The van der Waals surface area contributed by atoms with Gasteiger partial charge in [-0.2, -0.15) is 0 Å². The summed E-state index contributed by atoms with van der Waals surface area (Å²) in [7, 11) is 0. The molecule has 1 aromatic rings. The van der Waals surface area contributed by atoms with E-state index in [0.717, 1.165) is 24.8 Å². The minimum absolute atomic E-state index is 0.0751. The summed E-state index contributed by atoms with van der Waals surface area (Å²) in [6, 6.07) is 4.52. The van der Waals surface area contributed by atoms with E-state index < -0.39 is 5.82 Å². The van der Waals surface area contributed by atoms with Crippen molar-refractivity contribution in [2.75, 3.05) is 0 Å². The van der Waals surface area contributed by atoms with E-state index in [1.807, 2.05) is 0 Å². The third kappa shape index (κ3) is 2.82. The molecule has 1 aromatic carbocycles. The van der Waals surface area contributed by atoms with Crippen LogP contribution in [0.1, 0.15) is 30.4 Å². The van der Waals surface area contributed by atoms with Crippen molar-refractivity contribution in [1.29, 1.82) is 0 Å². The number of amides is 1. The number of carbonyl (C=O) groups is 1. The summed E-state index contributed by atoms with van der Waals surface area (Å²) in [5.41, 5.74) is 1.07. The Morgan fingerprint density at radius 1 is 1.47 bits per heavy atom. The molecule has 0 aliphatic heterocycles. The lowest BCUT2D eigenvalue weighted by molar-refractivity contribution is -0.127. The Morgan fingerprint density at radius 2 is 2.24 bits per heavy atom. The lowest BCUT2D eigenvalue weighted by atomic mass is 9.85. The fraction of sp³-hybridized carbons (Fsp3) is 0.462. The van der Waals surface area contributed by atoms with Gasteiger partial charge in [0.05, 0.1) is 6.61 Å². The second-order valence-corrected chi connectivity index (χ2v) is 4.43. The molecule has 17 heavy (non-hydrogen) atoms. The van der Waals surface area contributed by atoms with Crippen molar-refractivity contribution >= 4 is 5.91 Å². The van der Waals surface area contributed by atoms with Crippen LogP contribution in [-0.2, 0) is 17.9 Å². The summed E-state index contributed by atoms with van der Waals surface area (Å²) in [5, 5.41) is 11.8. The van der Waals surface area contributed by atoms with Gasteiger partial charge in [0.2, 0.25) is 5.91 Å². The average molecular weight is 237 g/mol. The van der Waals surface area contributed by atoms with E-state index in [1.165, 1.54) is 6.07 Å². The minimum atomic E-state index is -0.415. The van der Waals surface area contributed by atoms with E-state index in [-0.39, 0.29) is 24.0 Å². The maximum absolute atomic E-state index is 13.1. The third-order valence-corrected chi connectivity index (χ3v) is 3.22. The second-order valence-electron chi connectivity index (χ2n) is 4.43. The molecule has 1 amide bonds. The number of hydrogen-bond donors (Lipinski definition) is 2. The van der Waals surface area contributed by atoms with Crippen LogP contribution in [-0.4, -0.2) is 11.0 Å². The molecule has 4 heteroatoms. The SMILES string of the molecule is O=C(NCc1ccc(F)c(CO)c1)C1CCC1. The molecular formula is C13H16FNO2. The number of halogens is 1. The maximum Gasteiger partial charge on any atom is 0.223 e. The molecule has 92 valence electrons. The topological polar surface area (TPSA) is 49.3 Å². The Bertz CT molecular complexity index is 416. The van der Waals surface area contributed by atoms with Gasteiger partial charge >= 0.3 is 0 Å². The van der Waals surface area contributed by atoms with Crippen LogP contribution in [0.5, 0.6) is 0 Å². The molecule has 2 N–H and O–H groups in total. The zero-order valence-electron chi connectivity index (χ0n) is 9.58. The quantitative estimate of drug-likeness (QED) is 0.838. The van der Waals surface area contributed by atoms with Crippen molar-refractivity contribution in [3.8, 4) is 0 Å². The zero-order chi connectivity index (χ0) is 12.3. The van der Waals surface area contributed by atoms with Gasteiger partial charge in [-0.05, 0) is 30.5 Å². The summed E-state index contributed by atoms with van der Waals surface area (Å²) in [5.74, 6) is -0.180. The van der Waals surface area contributed by atoms with Crippen molar-refractivity contribution in [2.45, 2.75) is 32.4 Å². The van der Waals surface area contributed by atoms with Gasteiger partial charge < -0.3 is 10.4 Å². The van der Waals surface area contributed by atoms with Crippen LogP contribution < -0.4 is 5.32 Å². The third-order valence-electron chi connectivity index (χ3n) is 3.22. The minimum Gasteiger partial charge on any atom is -0.392 e. The van der Waals surface area contributed by atoms with Crippen LogP contribution in [0.25, 0.3) is 0 Å². The number of rotatable bonds is 4. The van der Waals surface area contributed by atoms with E-state index in [1.54, 1.807) is 12.1 Å². The van der Waals surface area contributed by atoms with Crippen molar-refractivity contribution in [2.24, 2.45) is 5.92 Å². The lowest BCUT2D eigenvalue weighted by Crippen LogP contribution is -2.33. The highest BCUT2D eigenvalue weighted by Crippen LogP contribution is 2.26. The van der Waals surface area contributed by atoms with Crippen LogP contribution >= 0.6 is 0 Å². The van der Waals surface area contributed by atoms with Crippen LogP contribution in [0.2, 0.25) is 0 Å². The van der Waals surface area contributed by atoms with Crippen molar-refractivity contribution in [3.63, 3.8) is 0 Å². The number of hydrogen-bond acceptors (Lipinski definition) is 2. The molecule has 0 aromatic heterocycles. The average Bonchev–Trinajstić information content (AvgIpc) is 2.25. The van der Waals surface area contributed by atoms with Gasteiger partial charge in [0.25, 0.3) is 0 Å². The molecule has 1 aliphatic rings. The summed E-state index contributed by atoms with van der Waals surface area (Å²) < 4.78 is 13.1. The van der Waals surface area contributed by atoms with Gasteiger partial charge in [-0.1, -0.05) is 12.5 Å². The summed E-state index contributed by atoms with van der Waals surface area (Å²) in [4.78, 5) is 11.6. The van der Waals surface area contributed by atoms with Crippen LogP contribution in [0, 0.1) is 11.7 Å². The Balaban J connectivity index is 1.92. The molecule has 0 spiro atoms. The number of benzene rings is 1. The molecule has 1 saturated carbocycles. The predicted molar refractivity (Wildman–Crippen MR) is 61.5 cm³/mol. The molecule has 1 aliphatic carbocycles. The van der Waals surface area contributed by atoms with Gasteiger partial charge in [-0.3, -0.25) is 4.79 Å². The molecular weight excluding hydrogens is 221 g/mol. The van der Waals surface area contributed by atoms with Gasteiger partial charge in [-0.15, -0.1) is 0 Å². The van der Waals surface area contributed by atoms with Crippen molar-refractivity contribution in [3.05, 3.63) is 35.1 Å². The van der Waals surface area contributed by atoms with E-state index >= 15 is 0 Å². The highest BCUT2D eigenvalue weighted by molar-refractivity contribution is 5.79. The molecule has 0 heterocycles. The molecule has 1 fully saturated rings. The second kappa shape index (κ2) is 5.27. The normalized spacial score (nSPS) is 15.4. The van der Waals surface area contributed by atoms with Crippen molar-refractivity contribution in [1.82, 2.24) is 5.32 Å². The first-order chi connectivity index (χ1) is 8.20. The molecule has 0 bridgehead atoms. The first kappa shape index (κ1) is 12.0. The molecule has 0 radical (unpaired) electrons. The van der Waals surface area contributed by atoms with Gasteiger partial charge in [0.15, 0.2) is 0 Å². The summed E-state index contributed by atoms with van der Waals surface area (Å²) >= 11 is 0. The number of aliphatic hydroxyl groups excluding tert-OH is 1. The molecule has 0 atom stereocenters. The van der Waals surface area contributed by atoms with E-state index in [0.29, 0.717) is 6.54 Å². The monoisotopic (exact) mass is 237 g/mol. The highest BCUT2D eigenvalue weighted by atomic mass is 19.1. The molecule has 3 nitrogen and oxygen atoms in total. The Morgan fingerprint density at radius 3 is 2.82 bits per heavy atom. The fourth-order valence-corrected chi connectivity index (χ4v) is 1.86. The molecule has 2 rings (SSSR count). The number of carbonyl (C=O) groups excluding carboxylic acids is 1. The first-order valence-corrected chi connectivity index (χ1v) is 5.86. The lowest BCUT2D eigenvalue weighted by Gasteiger charge is -2.24. The first-order valence-electron chi connectivity index (χ1n) is 5.86. The van der Waals surface area contributed by atoms with E-state index in [4.69, 9.17) is 5.11 Å². The van der Waals surface area contributed by atoms with Crippen molar-refractivity contribution < 1.29 is 14.3 Å². The van der Waals surface area contributed by atoms with Crippen LogP contribution in [0.15, 0.2) is 18.2 Å². The molecule has 0 saturated heterocycles. The van der Waals surface area contributed by atoms with Crippen LogP contribution in [0.4, 0.5) is 4.39 Å². The predicted octanol–water partition coefficient (Wildman–Crippen LogP) is 1.73. The standard InChI is InChI=1S/C13H16FNO2/c14-12-5-4-9(6-11(12)8-16)7-15-13(17)10-2-1-3-10/h4-6,10,16H,1-3,7-8H2,(H,15,17). The summed E-state index contributed by atoms with van der Waals surface area (Å²) in [6.07, 6.45) is 3.07. The fourth-order valence-electron chi connectivity index (χ4n) is 1.86. The number of nitrogens with one attached hydrogen (secondary N) is 1. The highest BCUT2D eigenvalue weighted by Gasteiger charge is 2.24. The maximum atomic E-state index is 13.1.